The molecule has 0 aromatic carbocycles. The summed E-state index contributed by atoms with van der Waals surface area (Å²) in [5.74, 6) is -2.67. The molecule has 0 aliphatic heterocycles. The van der Waals surface area contributed by atoms with Crippen LogP contribution >= 0.6 is 22.6 Å². The van der Waals surface area contributed by atoms with Crippen LogP contribution in [0.3, 0.4) is 0 Å². The number of nitrogens with zero attached hydrogens (tertiary/aromatic N) is 2. The molecule has 0 saturated carbocycles. The predicted octanol–water partition coefficient (Wildman–Crippen LogP) is 2.12. The molecule has 0 aliphatic carbocycles. The Bertz CT molecular complexity index is 290. The molecular weight excluding hydrogens is 293 g/mol. The number of ether oxygens (including phenoxy) is 1. The summed E-state index contributed by atoms with van der Waals surface area (Å²) < 4.78 is 30.1. The predicted molar refractivity (Wildman–Crippen MR) is 50.9 cm³/mol. The van der Waals surface area contributed by atoms with Crippen molar-refractivity contribution in [2.24, 2.45) is 0 Å². The van der Waals surface area contributed by atoms with E-state index in [0.29, 0.717) is 3.70 Å². The van der Waals surface area contributed by atoms with E-state index >= 15 is 0 Å². The zero-order valence-corrected chi connectivity index (χ0v) is 8.96. The monoisotopic (exact) mass is 300 g/mol. The number of alkyl halides is 2. The van der Waals surface area contributed by atoms with Crippen LogP contribution in [0, 0.1) is 3.70 Å². The van der Waals surface area contributed by atoms with Crippen LogP contribution in [0.2, 0.25) is 0 Å². The molecule has 0 atom stereocenters. The molecule has 0 amide bonds. The van der Waals surface area contributed by atoms with Gasteiger partial charge in [-0.05, 0) is 22.6 Å². The Hall–Kier alpha value is -0.530. The number of hydrogen-bond acceptors (Lipinski definition) is 3. The highest BCUT2D eigenvalue weighted by Crippen LogP contribution is 2.15. The van der Waals surface area contributed by atoms with E-state index in [0.717, 1.165) is 6.92 Å². The van der Waals surface area contributed by atoms with Crippen molar-refractivity contribution in [3.05, 3.63) is 16.1 Å². The van der Waals surface area contributed by atoms with Gasteiger partial charge < -0.3 is 4.74 Å². The third kappa shape index (κ3) is 4.30. The standard InChI is InChI=1S/C7H7F2IN2O/c1-7(8,9)3-13-6-2-5(10)11-4-12-6/h2,4H,3H2,1H3. The molecule has 0 aliphatic rings. The molecule has 0 spiro atoms. The fourth-order valence-corrected chi connectivity index (χ4v) is 0.988. The van der Waals surface area contributed by atoms with Crippen molar-refractivity contribution in [3.8, 4) is 5.88 Å². The summed E-state index contributed by atoms with van der Waals surface area (Å²) in [6.45, 7) is 0.124. The summed E-state index contributed by atoms with van der Waals surface area (Å²) >= 11 is 1.95. The van der Waals surface area contributed by atoms with Crippen LogP contribution in [-0.2, 0) is 0 Å². The van der Waals surface area contributed by atoms with E-state index < -0.39 is 12.5 Å². The van der Waals surface area contributed by atoms with Crippen molar-refractivity contribution in [1.29, 1.82) is 0 Å². The van der Waals surface area contributed by atoms with Crippen molar-refractivity contribution < 1.29 is 13.5 Å². The molecule has 0 bridgehead atoms. The number of aromatic nitrogens is 2. The van der Waals surface area contributed by atoms with Crippen molar-refractivity contribution in [1.82, 2.24) is 9.97 Å². The molecular formula is C7H7F2IN2O. The first-order valence-corrected chi connectivity index (χ1v) is 4.53. The van der Waals surface area contributed by atoms with Gasteiger partial charge in [0.15, 0.2) is 6.61 Å². The van der Waals surface area contributed by atoms with Gasteiger partial charge >= 0.3 is 0 Å². The van der Waals surface area contributed by atoms with Crippen LogP contribution in [0.4, 0.5) is 8.78 Å². The van der Waals surface area contributed by atoms with Crippen LogP contribution in [-0.4, -0.2) is 22.5 Å². The van der Waals surface area contributed by atoms with Gasteiger partial charge in [0.2, 0.25) is 5.88 Å². The Morgan fingerprint density at radius 1 is 1.54 bits per heavy atom. The zero-order valence-electron chi connectivity index (χ0n) is 6.80. The fourth-order valence-electron chi connectivity index (χ4n) is 0.597. The van der Waals surface area contributed by atoms with Crippen LogP contribution in [0.5, 0.6) is 5.88 Å². The maximum Gasteiger partial charge on any atom is 0.278 e. The quantitative estimate of drug-likeness (QED) is 0.633. The lowest BCUT2D eigenvalue weighted by molar-refractivity contribution is -0.0243. The van der Waals surface area contributed by atoms with E-state index in [1.165, 1.54) is 12.4 Å². The summed E-state index contributed by atoms with van der Waals surface area (Å²) in [4.78, 5) is 7.46. The summed E-state index contributed by atoms with van der Waals surface area (Å²) in [6.07, 6.45) is 1.27. The maximum absolute atomic E-state index is 12.3. The van der Waals surface area contributed by atoms with E-state index in [-0.39, 0.29) is 5.88 Å². The Labute approximate surface area is 87.7 Å². The van der Waals surface area contributed by atoms with Crippen molar-refractivity contribution in [2.45, 2.75) is 12.8 Å². The second-order valence-electron chi connectivity index (χ2n) is 2.54. The van der Waals surface area contributed by atoms with Crippen molar-refractivity contribution >= 4 is 22.6 Å². The summed E-state index contributed by atoms with van der Waals surface area (Å²) in [7, 11) is 0. The van der Waals surface area contributed by atoms with E-state index in [1.54, 1.807) is 0 Å². The topological polar surface area (TPSA) is 35.0 Å². The highest BCUT2D eigenvalue weighted by atomic mass is 127. The minimum absolute atomic E-state index is 0.168. The molecule has 1 rings (SSSR count). The molecule has 1 aromatic heterocycles. The number of halogens is 3. The van der Waals surface area contributed by atoms with Crippen LogP contribution in [0.25, 0.3) is 0 Å². The Morgan fingerprint density at radius 3 is 2.77 bits per heavy atom. The van der Waals surface area contributed by atoms with Gasteiger partial charge in [-0.1, -0.05) is 0 Å². The smallest absolute Gasteiger partial charge is 0.278 e. The lowest BCUT2D eigenvalue weighted by Crippen LogP contribution is -2.21. The largest absolute Gasteiger partial charge is 0.471 e. The van der Waals surface area contributed by atoms with Gasteiger partial charge in [-0.15, -0.1) is 0 Å². The molecule has 0 fully saturated rings. The second-order valence-corrected chi connectivity index (χ2v) is 3.64. The average Bonchev–Trinajstić information content (AvgIpc) is 2.00. The first kappa shape index (κ1) is 10.6. The maximum atomic E-state index is 12.3. The molecule has 72 valence electrons. The number of hydrogen-bond donors (Lipinski definition) is 0. The fraction of sp³-hybridized carbons (Fsp3) is 0.429. The van der Waals surface area contributed by atoms with E-state index in [1.807, 2.05) is 22.6 Å². The molecule has 1 aromatic rings. The van der Waals surface area contributed by atoms with Gasteiger partial charge in [0.05, 0.1) is 0 Å². The molecule has 0 radical (unpaired) electrons. The summed E-state index contributed by atoms with van der Waals surface area (Å²) in [6, 6.07) is 1.49. The highest BCUT2D eigenvalue weighted by Gasteiger charge is 2.22. The van der Waals surface area contributed by atoms with Gasteiger partial charge in [-0.2, -0.15) is 0 Å². The van der Waals surface area contributed by atoms with Crippen LogP contribution in [0.1, 0.15) is 6.92 Å². The summed E-state index contributed by atoms with van der Waals surface area (Å²) in [5, 5.41) is 0. The van der Waals surface area contributed by atoms with Crippen LogP contribution in [0.15, 0.2) is 12.4 Å². The van der Waals surface area contributed by atoms with Crippen molar-refractivity contribution in [2.75, 3.05) is 6.61 Å². The van der Waals surface area contributed by atoms with Crippen molar-refractivity contribution in [3.63, 3.8) is 0 Å². The minimum atomic E-state index is -2.84. The first-order valence-electron chi connectivity index (χ1n) is 3.45. The van der Waals surface area contributed by atoms with Gasteiger partial charge in [0, 0.05) is 13.0 Å². The SMILES string of the molecule is CC(F)(F)COc1cc(I)ncn1. The lowest BCUT2D eigenvalue weighted by atomic mass is 10.4. The highest BCUT2D eigenvalue weighted by molar-refractivity contribution is 14.1. The Morgan fingerprint density at radius 2 is 2.23 bits per heavy atom. The molecule has 1 heterocycles. The minimum Gasteiger partial charge on any atom is -0.471 e. The third-order valence-corrected chi connectivity index (χ3v) is 1.67. The van der Waals surface area contributed by atoms with E-state index in [2.05, 4.69) is 9.97 Å². The van der Waals surface area contributed by atoms with Gasteiger partial charge in [0.1, 0.15) is 10.0 Å². The number of rotatable bonds is 3. The normalized spacial score (nSPS) is 11.4. The molecule has 0 N–H and O–H groups in total. The van der Waals surface area contributed by atoms with Gasteiger partial charge in [-0.25, -0.2) is 18.7 Å². The third-order valence-electron chi connectivity index (χ3n) is 1.08. The molecule has 0 unspecified atom stereocenters. The molecule has 0 saturated heterocycles. The first-order chi connectivity index (χ1) is 5.97. The second kappa shape index (κ2) is 4.12. The Balaban J connectivity index is 2.55. The zero-order chi connectivity index (χ0) is 9.90. The molecule has 3 nitrogen and oxygen atoms in total. The van der Waals surface area contributed by atoms with Gasteiger partial charge in [-0.3, -0.25) is 0 Å². The van der Waals surface area contributed by atoms with E-state index in [4.69, 9.17) is 4.74 Å². The molecule has 6 heteroatoms. The summed E-state index contributed by atoms with van der Waals surface area (Å²) in [5.41, 5.74) is 0. The molecule has 13 heavy (non-hydrogen) atoms. The van der Waals surface area contributed by atoms with Gasteiger partial charge in [0.25, 0.3) is 5.92 Å². The average molecular weight is 300 g/mol. The van der Waals surface area contributed by atoms with E-state index in [9.17, 15) is 8.78 Å². The van der Waals surface area contributed by atoms with Crippen LogP contribution < -0.4 is 4.74 Å². The lowest BCUT2D eigenvalue weighted by Gasteiger charge is -2.10. The Kier molecular flexibility index (Phi) is 3.34.